The van der Waals surface area contributed by atoms with Crippen molar-refractivity contribution in [1.29, 1.82) is 0 Å². The van der Waals surface area contributed by atoms with Crippen LogP contribution in [0.1, 0.15) is 33.6 Å². The van der Waals surface area contributed by atoms with E-state index in [4.69, 9.17) is 9.84 Å². The molecule has 0 rings (SSSR count). The lowest BCUT2D eigenvalue weighted by Crippen LogP contribution is -2.42. The summed E-state index contributed by atoms with van der Waals surface area (Å²) < 4.78 is 4.97. The third-order valence-corrected chi connectivity index (χ3v) is 3.13. The van der Waals surface area contributed by atoms with E-state index in [1.807, 2.05) is 13.8 Å². The van der Waals surface area contributed by atoms with E-state index in [9.17, 15) is 9.59 Å². The Kier molecular flexibility index (Phi) is 8.37. The minimum absolute atomic E-state index is 0.0251. The summed E-state index contributed by atoms with van der Waals surface area (Å²) in [6.45, 7) is 6.68. The van der Waals surface area contributed by atoms with E-state index < -0.39 is 11.9 Å². The fourth-order valence-corrected chi connectivity index (χ4v) is 1.80. The van der Waals surface area contributed by atoms with Gasteiger partial charge in [-0.3, -0.25) is 9.59 Å². The van der Waals surface area contributed by atoms with Crippen LogP contribution in [0.2, 0.25) is 0 Å². The summed E-state index contributed by atoms with van der Waals surface area (Å²) in [4.78, 5) is 24.7. The van der Waals surface area contributed by atoms with Crippen LogP contribution in [0.5, 0.6) is 0 Å². The Labute approximate surface area is 109 Å². The molecule has 0 saturated heterocycles. The molecule has 0 saturated carbocycles. The van der Waals surface area contributed by atoms with Crippen LogP contribution in [0.3, 0.4) is 0 Å². The Morgan fingerprint density at radius 2 is 1.83 bits per heavy atom. The largest absolute Gasteiger partial charge is 0.481 e. The zero-order chi connectivity index (χ0) is 14.1. The molecule has 0 radical (unpaired) electrons. The van der Waals surface area contributed by atoms with E-state index >= 15 is 0 Å². The van der Waals surface area contributed by atoms with Crippen molar-refractivity contribution in [3.05, 3.63) is 0 Å². The van der Waals surface area contributed by atoms with Crippen molar-refractivity contribution in [2.75, 3.05) is 26.8 Å². The fourth-order valence-electron chi connectivity index (χ4n) is 1.80. The molecule has 0 bridgehead atoms. The molecule has 1 amide bonds. The summed E-state index contributed by atoms with van der Waals surface area (Å²) in [6, 6.07) is 0. The zero-order valence-corrected chi connectivity index (χ0v) is 11.8. The molecule has 5 heteroatoms. The van der Waals surface area contributed by atoms with Crippen molar-refractivity contribution < 1.29 is 19.4 Å². The standard InChI is InChI=1S/C13H25NO4/c1-5-11(6-2)12(15)14(7-8-18-4)9-10(3)13(16)17/h10-11H,5-9H2,1-4H3,(H,16,17). The summed E-state index contributed by atoms with van der Waals surface area (Å²) >= 11 is 0. The maximum absolute atomic E-state index is 12.2. The highest BCUT2D eigenvalue weighted by Gasteiger charge is 2.24. The van der Waals surface area contributed by atoms with Gasteiger partial charge in [-0.1, -0.05) is 20.8 Å². The van der Waals surface area contributed by atoms with Gasteiger partial charge < -0.3 is 14.7 Å². The lowest BCUT2D eigenvalue weighted by atomic mass is 10.0. The summed E-state index contributed by atoms with van der Waals surface area (Å²) in [5, 5.41) is 8.92. The molecule has 0 aliphatic carbocycles. The van der Waals surface area contributed by atoms with Crippen LogP contribution in [0, 0.1) is 11.8 Å². The first-order valence-electron chi connectivity index (χ1n) is 6.48. The summed E-state index contributed by atoms with van der Waals surface area (Å²) in [5.74, 6) is -1.43. The highest BCUT2D eigenvalue weighted by atomic mass is 16.5. The fraction of sp³-hybridized carbons (Fsp3) is 0.846. The van der Waals surface area contributed by atoms with Gasteiger partial charge in [0, 0.05) is 26.1 Å². The molecule has 0 spiro atoms. The number of ether oxygens (including phenoxy) is 1. The van der Waals surface area contributed by atoms with Crippen molar-refractivity contribution >= 4 is 11.9 Å². The monoisotopic (exact) mass is 259 g/mol. The second kappa shape index (κ2) is 8.91. The Morgan fingerprint density at radius 1 is 1.28 bits per heavy atom. The van der Waals surface area contributed by atoms with Gasteiger partial charge >= 0.3 is 5.97 Å². The first kappa shape index (κ1) is 16.9. The smallest absolute Gasteiger partial charge is 0.308 e. The number of aliphatic carboxylic acids is 1. The van der Waals surface area contributed by atoms with Crippen LogP contribution in [-0.2, 0) is 14.3 Å². The molecule has 0 aromatic rings. The molecule has 1 unspecified atom stereocenters. The molecule has 0 aromatic heterocycles. The normalized spacial score (nSPS) is 12.5. The first-order valence-corrected chi connectivity index (χ1v) is 6.48. The molecule has 1 atom stereocenters. The molecule has 0 aromatic carbocycles. The minimum Gasteiger partial charge on any atom is -0.481 e. The second-order valence-corrected chi connectivity index (χ2v) is 4.53. The van der Waals surface area contributed by atoms with Crippen LogP contribution in [-0.4, -0.2) is 48.7 Å². The Morgan fingerprint density at radius 3 is 2.22 bits per heavy atom. The number of carbonyl (C=O) groups is 2. The van der Waals surface area contributed by atoms with Gasteiger partial charge in [-0.2, -0.15) is 0 Å². The van der Waals surface area contributed by atoms with Crippen molar-refractivity contribution in [2.24, 2.45) is 11.8 Å². The van der Waals surface area contributed by atoms with Gasteiger partial charge in [0.1, 0.15) is 0 Å². The average Bonchev–Trinajstić information content (AvgIpc) is 2.35. The number of amides is 1. The van der Waals surface area contributed by atoms with E-state index in [1.54, 1.807) is 18.9 Å². The Bertz CT molecular complexity index is 264. The quantitative estimate of drug-likeness (QED) is 0.683. The highest BCUT2D eigenvalue weighted by molar-refractivity contribution is 5.79. The molecule has 106 valence electrons. The average molecular weight is 259 g/mol. The number of carbonyl (C=O) groups excluding carboxylic acids is 1. The number of carboxylic acid groups (broad SMARTS) is 1. The van der Waals surface area contributed by atoms with Gasteiger partial charge in [0.25, 0.3) is 0 Å². The second-order valence-electron chi connectivity index (χ2n) is 4.53. The van der Waals surface area contributed by atoms with E-state index in [1.165, 1.54) is 0 Å². The van der Waals surface area contributed by atoms with Crippen molar-refractivity contribution in [1.82, 2.24) is 4.90 Å². The minimum atomic E-state index is -0.880. The van der Waals surface area contributed by atoms with Gasteiger partial charge in [-0.05, 0) is 12.8 Å². The third-order valence-electron chi connectivity index (χ3n) is 3.13. The third kappa shape index (κ3) is 5.49. The first-order chi connectivity index (χ1) is 8.47. The van der Waals surface area contributed by atoms with Crippen LogP contribution in [0.4, 0.5) is 0 Å². The molecule has 18 heavy (non-hydrogen) atoms. The molecular weight excluding hydrogens is 234 g/mol. The number of methoxy groups -OCH3 is 1. The zero-order valence-electron chi connectivity index (χ0n) is 11.8. The van der Waals surface area contributed by atoms with Gasteiger partial charge in [-0.25, -0.2) is 0 Å². The van der Waals surface area contributed by atoms with Crippen molar-refractivity contribution in [3.8, 4) is 0 Å². The van der Waals surface area contributed by atoms with Crippen LogP contribution in [0.15, 0.2) is 0 Å². The molecule has 5 nitrogen and oxygen atoms in total. The summed E-state index contributed by atoms with van der Waals surface area (Å²) in [6.07, 6.45) is 1.56. The van der Waals surface area contributed by atoms with Crippen LogP contribution in [0.25, 0.3) is 0 Å². The van der Waals surface area contributed by atoms with Gasteiger partial charge in [0.05, 0.1) is 12.5 Å². The number of hydrogen-bond acceptors (Lipinski definition) is 3. The molecule has 0 fully saturated rings. The van der Waals surface area contributed by atoms with Crippen molar-refractivity contribution in [3.63, 3.8) is 0 Å². The number of hydrogen-bond donors (Lipinski definition) is 1. The molecule has 0 aliphatic heterocycles. The van der Waals surface area contributed by atoms with Gasteiger partial charge in [-0.15, -0.1) is 0 Å². The topological polar surface area (TPSA) is 66.8 Å². The van der Waals surface area contributed by atoms with E-state index in [0.29, 0.717) is 13.2 Å². The molecule has 0 aliphatic rings. The van der Waals surface area contributed by atoms with Crippen LogP contribution < -0.4 is 0 Å². The van der Waals surface area contributed by atoms with E-state index in [-0.39, 0.29) is 18.4 Å². The molecular formula is C13H25NO4. The lowest BCUT2D eigenvalue weighted by Gasteiger charge is -2.27. The van der Waals surface area contributed by atoms with Crippen molar-refractivity contribution in [2.45, 2.75) is 33.6 Å². The SMILES string of the molecule is CCC(CC)C(=O)N(CCOC)CC(C)C(=O)O. The Hall–Kier alpha value is -1.10. The maximum atomic E-state index is 12.2. The number of nitrogens with zero attached hydrogens (tertiary/aromatic N) is 1. The Balaban J connectivity index is 4.64. The van der Waals surface area contributed by atoms with Gasteiger partial charge in [0.15, 0.2) is 0 Å². The van der Waals surface area contributed by atoms with E-state index in [2.05, 4.69) is 0 Å². The van der Waals surface area contributed by atoms with Crippen LogP contribution >= 0.6 is 0 Å². The summed E-state index contributed by atoms with van der Waals surface area (Å²) in [7, 11) is 1.57. The molecule has 1 N–H and O–H groups in total. The van der Waals surface area contributed by atoms with E-state index in [0.717, 1.165) is 12.8 Å². The highest BCUT2D eigenvalue weighted by Crippen LogP contribution is 2.13. The predicted molar refractivity (Wildman–Crippen MR) is 69.3 cm³/mol. The number of carboxylic acids is 1. The van der Waals surface area contributed by atoms with Gasteiger partial charge in [0.2, 0.25) is 5.91 Å². The lowest BCUT2D eigenvalue weighted by molar-refractivity contribution is -0.144. The molecule has 0 heterocycles. The number of rotatable bonds is 9. The maximum Gasteiger partial charge on any atom is 0.308 e. The predicted octanol–water partition coefficient (Wildman–Crippen LogP) is 1.62. The summed E-state index contributed by atoms with van der Waals surface area (Å²) in [5.41, 5.74) is 0.